The maximum absolute atomic E-state index is 10.4. The largest absolute Gasteiger partial charge is 0.489 e. The van der Waals surface area contributed by atoms with Crippen molar-refractivity contribution in [1.29, 1.82) is 0 Å². The van der Waals surface area contributed by atoms with Crippen LogP contribution in [0.25, 0.3) is 0 Å². The molecule has 1 aromatic carbocycles. The monoisotopic (exact) mass is 234 g/mol. The summed E-state index contributed by atoms with van der Waals surface area (Å²) in [5.41, 5.74) is 1.98. The van der Waals surface area contributed by atoms with Crippen LogP contribution in [0.5, 0.6) is 5.75 Å². The van der Waals surface area contributed by atoms with E-state index in [2.05, 4.69) is 6.92 Å². The normalized spacial score (nSPS) is 11.3. The van der Waals surface area contributed by atoms with Gasteiger partial charge < -0.3 is 9.84 Å². The smallest absolute Gasteiger partial charge is 0.328 e. The van der Waals surface area contributed by atoms with Crippen molar-refractivity contribution in [2.75, 3.05) is 6.61 Å². The van der Waals surface area contributed by atoms with Gasteiger partial charge in [0.1, 0.15) is 12.4 Å². The fraction of sp³-hybridized carbons (Fsp3) is 0.357. The molecule has 0 aromatic heterocycles. The van der Waals surface area contributed by atoms with Gasteiger partial charge in [-0.3, -0.25) is 0 Å². The molecule has 0 amide bonds. The number of hydrogen-bond donors (Lipinski definition) is 1. The van der Waals surface area contributed by atoms with Gasteiger partial charge in [-0.2, -0.15) is 0 Å². The Labute approximate surface area is 102 Å². The van der Waals surface area contributed by atoms with Gasteiger partial charge in [0.15, 0.2) is 0 Å². The van der Waals surface area contributed by atoms with Crippen molar-refractivity contribution >= 4 is 5.97 Å². The number of carboxylic acid groups (broad SMARTS) is 1. The summed E-state index contributed by atoms with van der Waals surface area (Å²) in [6.07, 6.45) is 3.35. The van der Waals surface area contributed by atoms with Crippen LogP contribution in [0.2, 0.25) is 0 Å². The first kappa shape index (κ1) is 13.3. The van der Waals surface area contributed by atoms with Gasteiger partial charge in [0.25, 0.3) is 0 Å². The van der Waals surface area contributed by atoms with Gasteiger partial charge in [-0.15, -0.1) is 0 Å². The molecule has 0 unspecified atom stereocenters. The van der Waals surface area contributed by atoms with E-state index in [0.717, 1.165) is 24.7 Å². The van der Waals surface area contributed by atoms with E-state index in [1.54, 1.807) is 6.92 Å². The number of aryl methyl sites for hydroxylation is 1. The van der Waals surface area contributed by atoms with Crippen LogP contribution in [-0.2, 0) is 11.2 Å². The molecule has 1 N–H and O–H groups in total. The van der Waals surface area contributed by atoms with E-state index < -0.39 is 5.97 Å². The summed E-state index contributed by atoms with van der Waals surface area (Å²) in [7, 11) is 0. The highest BCUT2D eigenvalue weighted by Crippen LogP contribution is 2.14. The third-order valence-electron chi connectivity index (χ3n) is 2.30. The molecule has 92 valence electrons. The molecule has 1 rings (SSSR count). The second-order valence-corrected chi connectivity index (χ2v) is 4.01. The Kier molecular flexibility index (Phi) is 5.27. The summed E-state index contributed by atoms with van der Waals surface area (Å²) in [6.45, 7) is 4.18. The van der Waals surface area contributed by atoms with Crippen LogP contribution in [0.3, 0.4) is 0 Å². The fourth-order valence-electron chi connectivity index (χ4n) is 1.49. The van der Waals surface area contributed by atoms with E-state index in [9.17, 15) is 4.79 Å². The van der Waals surface area contributed by atoms with Crippen LogP contribution in [0.4, 0.5) is 0 Å². The second-order valence-electron chi connectivity index (χ2n) is 4.01. The second kappa shape index (κ2) is 6.74. The molecule has 0 aliphatic carbocycles. The molecule has 3 nitrogen and oxygen atoms in total. The van der Waals surface area contributed by atoms with Crippen LogP contribution in [0, 0.1) is 0 Å². The predicted molar refractivity (Wildman–Crippen MR) is 67.3 cm³/mol. The van der Waals surface area contributed by atoms with Crippen LogP contribution < -0.4 is 4.74 Å². The summed E-state index contributed by atoms with van der Waals surface area (Å²) in [6, 6.07) is 7.90. The molecule has 0 saturated heterocycles. The maximum atomic E-state index is 10.4. The Morgan fingerprint density at radius 1 is 1.35 bits per heavy atom. The van der Waals surface area contributed by atoms with Crippen molar-refractivity contribution in [2.45, 2.75) is 26.7 Å². The zero-order chi connectivity index (χ0) is 12.7. The average Bonchev–Trinajstić information content (AvgIpc) is 2.28. The van der Waals surface area contributed by atoms with Gasteiger partial charge in [0, 0.05) is 6.08 Å². The van der Waals surface area contributed by atoms with Crippen LogP contribution in [0.1, 0.15) is 25.8 Å². The number of aliphatic carboxylic acids is 1. The number of hydrogen-bond acceptors (Lipinski definition) is 2. The zero-order valence-electron chi connectivity index (χ0n) is 10.3. The zero-order valence-corrected chi connectivity index (χ0v) is 10.3. The van der Waals surface area contributed by atoms with Crippen molar-refractivity contribution in [2.24, 2.45) is 0 Å². The minimum Gasteiger partial charge on any atom is -0.489 e. The molecule has 0 saturated carbocycles. The van der Waals surface area contributed by atoms with Crippen molar-refractivity contribution in [3.8, 4) is 5.75 Å². The molecular formula is C14H18O3. The first-order valence-electron chi connectivity index (χ1n) is 5.73. The third kappa shape index (κ3) is 5.20. The van der Waals surface area contributed by atoms with Gasteiger partial charge in [-0.1, -0.05) is 25.5 Å². The molecule has 0 heterocycles. The van der Waals surface area contributed by atoms with E-state index >= 15 is 0 Å². The highest BCUT2D eigenvalue weighted by Gasteiger charge is 1.98. The minimum absolute atomic E-state index is 0.305. The fourth-order valence-corrected chi connectivity index (χ4v) is 1.49. The lowest BCUT2D eigenvalue weighted by molar-refractivity contribution is -0.131. The summed E-state index contributed by atoms with van der Waals surface area (Å²) in [4.78, 5) is 10.4. The molecule has 0 radical (unpaired) electrons. The molecule has 0 aliphatic rings. The molecule has 0 bridgehead atoms. The molecule has 3 heteroatoms. The van der Waals surface area contributed by atoms with Crippen molar-refractivity contribution < 1.29 is 14.6 Å². The van der Waals surface area contributed by atoms with Gasteiger partial charge >= 0.3 is 5.97 Å². The molecular weight excluding hydrogens is 216 g/mol. The van der Waals surface area contributed by atoms with Crippen molar-refractivity contribution in [3.05, 3.63) is 41.5 Å². The quantitative estimate of drug-likeness (QED) is 0.769. The van der Waals surface area contributed by atoms with E-state index in [-0.39, 0.29) is 0 Å². The number of ether oxygens (including phenoxy) is 1. The Balaban J connectivity index is 2.49. The lowest BCUT2D eigenvalue weighted by atomic mass is 10.1. The lowest BCUT2D eigenvalue weighted by Crippen LogP contribution is -2.01. The molecule has 1 aromatic rings. The average molecular weight is 234 g/mol. The highest BCUT2D eigenvalue weighted by atomic mass is 16.5. The predicted octanol–water partition coefficient (Wildman–Crippen LogP) is 3.05. The standard InChI is InChI=1S/C14H18O3/c1-3-4-12-5-7-13(8-6-12)17-10-11(2)9-14(15)16/h5-9H,3-4,10H2,1-2H3,(H,15,16). The number of carboxylic acids is 1. The first-order valence-corrected chi connectivity index (χ1v) is 5.73. The van der Waals surface area contributed by atoms with Gasteiger partial charge in [0.2, 0.25) is 0 Å². The third-order valence-corrected chi connectivity index (χ3v) is 2.30. The molecule has 0 spiro atoms. The Bertz CT molecular complexity index is 390. The van der Waals surface area contributed by atoms with Gasteiger partial charge in [0.05, 0.1) is 0 Å². The van der Waals surface area contributed by atoms with Crippen LogP contribution >= 0.6 is 0 Å². The Morgan fingerprint density at radius 2 is 2.00 bits per heavy atom. The minimum atomic E-state index is -0.940. The van der Waals surface area contributed by atoms with Crippen LogP contribution in [0.15, 0.2) is 35.9 Å². The van der Waals surface area contributed by atoms with E-state index in [1.807, 2.05) is 24.3 Å². The maximum Gasteiger partial charge on any atom is 0.328 e. The van der Waals surface area contributed by atoms with Gasteiger partial charge in [-0.25, -0.2) is 4.79 Å². The first-order chi connectivity index (χ1) is 8.11. The Morgan fingerprint density at radius 3 is 2.53 bits per heavy atom. The van der Waals surface area contributed by atoms with Crippen LogP contribution in [-0.4, -0.2) is 17.7 Å². The highest BCUT2D eigenvalue weighted by molar-refractivity contribution is 5.80. The topological polar surface area (TPSA) is 46.5 Å². The van der Waals surface area contributed by atoms with E-state index in [1.165, 1.54) is 5.56 Å². The van der Waals surface area contributed by atoms with E-state index in [0.29, 0.717) is 12.2 Å². The number of rotatable bonds is 6. The summed E-state index contributed by atoms with van der Waals surface area (Å²) in [5.74, 6) is -0.174. The molecule has 17 heavy (non-hydrogen) atoms. The lowest BCUT2D eigenvalue weighted by Gasteiger charge is -2.06. The summed E-state index contributed by atoms with van der Waals surface area (Å²) in [5, 5.41) is 8.54. The van der Waals surface area contributed by atoms with Crippen molar-refractivity contribution in [1.82, 2.24) is 0 Å². The van der Waals surface area contributed by atoms with Gasteiger partial charge in [-0.05, 0) is 36.6 Å². The molecule has 0 aliphatic heterocycles. The molecule has 0 atom stereocenters. The van der Waals surface area contributed by atoms with Crippen molar-refractivity contribution in [3.63, 3.8) is 0 Å². The van der Waals surface area contributed by atoms with E-state index in [4.69, 9.17) is 9.84 Å². The SMILES string of the molecule is CCCc1ccc(OCC(C)=CC(=O)O)cc1. The number of carbonyl (C=O) groups is 1. The molecule has 0 fully saturated rings. The summed E-state index contributed by atoms with van der Waals surface area (Å²) < 4.78 is 5.47. The summed E-state index contributed by atoms with van der Waals surface area (Å²) >= 11 is 0. The Hall–Kier alpha value is -1.77. The number of benzene rings is 1.